The molecule has 0 unspecified atom stereocenters. The molecule has 0 bridgehead atoms. The number of methoxy groups -OCH3 is 2. The van der Waals surface area contributed by atoms with Crippen LogP contribution < -0.4 is 14.8 Å². The molecule has 1 atom stereocenters. The molecule has 0 saturated heterocycles. The molecule has 0 aliphatic carbocycles. The van der Waals surface area contributed by atoms with Crippen molar-refractivity contribution in [3.63, 3.8) is 0 Å². The number of benzene rings is 3. The van der Waals surface area contributed by atoms with Crippen LogP contribution in [-0.4, -0.2) is 37.5 Å². The smallest absolute Gasteiger partial charge is 0.254 e. The van der Waals surface area contributed by atoms with Gasteiger partial charge in [-0.25, -0.2) is 0 Å². The second-order valence-electron chi connectivity index (χ2n) is 7.59. The number of ether oxygens (including phenoxy) is 2. The Labute approximate surface area is 187 Å². The van der Waals surface area contributed by atoms with E-state index in [2.05, 4.69) is 5.32 Å². The Morgan fingerprint density at radius 3 is 2.44 bits per heavy atom. The molecule has 0 saturated carbocycles. The summed E-state index contributed by atoms with van der Waals surface area (Å²) < 4.78 is 10.8. The first-order valence-electron chi connectivity index (χ1n) is 10.6. The van der Waals surface area contributed by atoms with Gasteiger partial charge in [0, 0.05) is 24.2 Å². The van der Waals surface area contributed by atoms with Crippen LogP contribution in [0.25, 0.3) is 0 Å². The zero-order valence-corrected chi connectivity index (χ0v) is 18.2. The largest absolute Gasteiger partial charge is 0.493 e. The molecular weight excluding hydrogens is 404 g/mol. The average molecular weight is 431 g/mol. The van der Waals surface area contributed by atoms with Gasteiger partial charge in [0.15, 0.2) is 11.5 Å². The number of carbonyl (C=O) groups is 2. The summed E-state index contributed by atoms with van der Waals surface area (Å²) in [6.07, 6.45) is 0.711. The predicted octanol–water partition coefficient (Wildman–Crippen LogP) is 3.76. The van der Waals surface area contributed by atoms with Crippen molar-refractivity contribution in [2.75, 3.05) is 20.8 Å². The summed E-state index contributed by atoms with van der Waals surface area (Å²) in [6, 6.07) is 21.7. The first-order valence-corrected chi connectivity index (χ1v) is 10.6. The zero-order chi connectivity index (χ0) is 22.5. The van der Waals surface area contributed by atoms with Crippen LogP contribution in [0.3, 0.4) is 0 Å². The Balaban J connectivity index is 1.62. The molecule has 2 amide bonds. The van der Waals surface area contributed by atoms with Gasteiger partial charge in [0.1, 0.15) is 6.04 Å². The molecule has 3 aromatic carbocycles. The number of nitrogens with zero attached hydrogens (tertiary/aromatic N) is 1. The number of amides is 2. The fraction of sp³-hybridized carbons (Fsp3) is 0.231. The lowest BCUT2D eigenvalue weighted by molar-refractivity contribution is -0.126. The second-order valence-corrected chi connectivity index (χ2v) is 7.59. The average Bonchev–Trinajstić information content (AvgIpc) is 2.86. The van der Waals surface area contributed by atoms with Gasteiger partial charge in [0.25, 0.3) is 5.91 Å². The van der Waals surface area contributed by atoms with E-state index < -0.39 is 6.04 Å². The van der Waals surface area contributed by atoms with Crippen LogP contribution >= 0.6 is 0 Å². The van der Waals surface area contributed by atoms with Crippen LogP contribution in [-0.2, 0) is 17.8 Å². The van der Waals surface area contributed by atoms with Gasteiger partial charge >= 0.3 is 0 Å². The molecule has 4 rings (SSSR count). The number of rotatable bonds is 6. The highest BCUT2D eigenvalue weighted by Gasteiger charge is 2.36. The molecule has 0 radical (unpaired) electrons. The minimum Gasteiger partial charge on any atom is -0.493 e. The van der Waals surface area contributed by atoms with Crippen LogP contribution in [0.5, 0.6) is 11.5 Å². The lowest BCUT2D eigenvalue weighted by atomic mass is 9.91. The normalized spacial score (nSPS) is 14.9. The van der Waals surface area contributed by atoms with Gasteiger partial charge in [-0.15, -0.1) is 0 Å². The first-order chi connectivity index (χ1) is 15.6. The lowest BCUT2D eigenvalue weighted by Crippen LogP contribution is -2.47. The molecule has 0 fully saturated rings. The van der Waals surface area contributed by atoms with Gasteiger partial charge in [-0.3, -0.25) is 9.59 Å². The topological polar surface area (TPSA) is 67.9 Å². The molecule has 164 valence electrons. The molecule has 32 heavy (non-hydrogen) atoms. The lowest BCUT2D eigenvalue weighted by Gasteiger charge is -2.36. The SMILES string of the molecule is COc1cccc(CNC(=O)[C@@H]2c3ccccc3CCN2C(=O)c2ccccc2)c1OC. The van der Waals surface area contributed by atoms with E-state index in [0.717, 1.165) is 16.7 Å². The summed E-state index contributed by atoms with van der Waals surface area (Å²) >= 11 is 0. The highest BCUT2D eigenvalue weighted by atomic mass is 16.5. The van der Waals surface area contributed by atoms with Crippen molar-refractivity contribution in [3.8, 4) is 11.5 Å². The molecular formula is C26H26N2O4. The van der Waals surface area contributed by atoms with Gasteiger partial charge in [-0.1, -0.05) is 54.6 Å². The van der Waals surface area contributed by atoms with Gasteiger partial charge in [0.05, 0.1) is 14.2 Å². The second kappa shape index (κ2) is 9.56. The number of para-hydroxylation sites is 1. The van der Waals surface area contributed by atoms with Crippen molar-refractivity contribution in [1.82, 2.24) is 10.2 Å². The number of hydrogen-bond acceptors (Lipinski definition) is 4. The summed E-state index contributed by atoms with van der Waals surface area (Å²) in [6.45, 7) is 0.733. The predicted molar refractivity (Wildman–Crippen MR) is 122 cm³/mol. The Morgan fingerprint density at radius 2 is 1.69 bits per heavy atom. The molecule has 1 heterocycles. The first kappa shape index (κ1) is 21.4. The van der Waals surface area contributed by atoms with Crippen LogP contribution in [0.15, 0.2) is 72.8 Å². The summed E-state index contributed by atoms with van der Waals surface area (Å²) in [5.74, 6) is 0.797. The summed E-state index contributed by atoms with van der Waals surface area (Å²) in [4.78, 5) is 28.4. The third kappa shape index (κ3) is 4.17. The van der Waals surface area contributed by atoms with Crippen molar-refractivity contribution >= 4 is 11.8 Å². The van der Waals surface area contributed by atoms with E-state index in [4.69, 9.17) is 9.47 Å². The van der Waals surface area contributed by atoms with Gasteiger partial charge in [-0.05, 0) is 35.7 Å². The number of hydrogen-bond donors (Lipinski definition) is 1. The number of nitrogens with one attached hydrogen (secondary N) is 1. The van der Waals surface area contributed by atoms with Gasteiger partial charge < -0.3 is 19.7 Å². The quantitative estimate of drug-likeness (QED) is 0.647. The molecule has 0 spiro atoms. The van der Waals surface area contributed by atoms with E-state index in [1.165, 1.54) is 0 Å². The molecule has 1 N–H and O–H groups in total. The summed E-state index contributed by atoms with van der Waals surface area (Å²) in [5.41, 5.74) is 3.31. The van der Waals surface area contributed by atoms with Crippen molar-refractivity contribution in [1.29, 1.82) is 0 Å². The standard InChI is InChI=1S/C26H26N2O4/c1-31-22-14-8-12-20(24(22)32-2)17-27-25(29)23-21-13-7-6-9-18(21)15-16-28(23)26(30)19-10-4-3-5-11-19/h3-14,23H,15-17H2,1-2H3,(H,27,29)/t23-/m0/s1. The van der Waals surface area contributed by atoms with Crippen molar-refractivity contribution in [3.05, 3.63) is 95.1 Å². The Hall–Kier alpha value is -3.80. The van der Waals surface area contributed by atoms with Crippen LogP contribution in [0, 0.1) is 0 Å². The van der Waals surface area contributed by atoms with E-state index in [0.29, 0.717) is 30.0 Å². The zero-order valence-electron chi connectivity index (χ0n) is 18.2. The maximum atomic E-state index is 13.5. The minimum atomic E-state index is -0.704. The molecule has 1 aliphatic heterocycles. The Bertz CT molecular complexity index is 1110. The van der Waals surface area contributed by atoms with Crippen molar-refractivity contribution in [2.24, 2.45) is 0 Å². The monoisotopic (exact) mass is 430 g/mol. The molecule has 6 nitrogen and oxygen atoms in total. The Morgan fingerprint density at radius 1 is 0.938 bits per heavy atom. The van der Waals surface area contributed by atoms with Crippen LogP contribution in [0.1, 0.15) is 33.1 Å². The van der Waals surface area contributed by atoms with Crippen molar-refractivity contribution in [2.45, 2.75) is 19.0 Å². The third-order valence-corrected chi connectivity index (χ3v) is 5.75. The number of fused-ring (bicyclic) bond motifs is 1. The fourth-order valence-corrected chi connectivity index (χ4v) is 4.19. The molecule has 6 heteroatoms. The fourth-order valence-electron chi connectivity index (χ4n) is 4.19. The summed E-state index contributed by atoms with van der Waals surface area (Å²) in [5, 5.41) is 3.00. The van der Waals surface area contributed by atoms with E-state index in [1.807, 2.05) is 60.7 Å². The van der Waals surface area contributed by atoms with E-state index in [-0.39, 0.29) is 18.4 Å². The summed E-state index contributed by atoms with van der Waals surface area (Å²) in [7, 11) is 3.15. The van der Waals surface area contributed by atoms with Crippen LogP contribution in [0.4, 0.5) is 0 Å². The van der Waals surface area contributed by atoms with Gasteiger partial charge in [0.2, 0.25) is 5.91 Å². The molecule has 0 aromatic heterocycles. The van der Waals surface area contributed by atoms with Crippen molar-refractivity contribution < 1.29 is 19.1 Å². The number of carbonyl (C=O) groups excluding carboxylic acids is 2. The van der Waals surface area contributed by atoms with E-state index in [1.54, 1.807) is 31.3 Å². The van der Waals surface area contributed by atoms with Crippen LogP contribution in [0.2, 0.25) is 0 Å². The maximum absolute atomic E-state index is 13.5. The maximum Gasteiger partial charge on any atom is 0.254 e. The van der Waals surface area contributed by atoms with E-state index in [9.17, 15) is 9.59 Å². The third-order valence-electron chi connectivity index (χ3n) is 5.75. The molecule has 3 aromatic rings. The molecule has 1 aliphatic rings. The Kier molecular flexibility index (Phi) is 6.40. The minimum absolute atomic E-state index is 0.154. The van der Waals surface area contributed by atoms with E-state index >= 15 is 0 Å². The highest BCUT2D eigenvalue weighted by molar-refractivity contribution is 5.98. The van der Waals surface area contributed by atoms with Gasteiger partial charge in [-0.2, -0.15) is 0 Å². The highest BCUT2D eigenvalue weighted by Crippen LogP contribution is 2.33.